The topological polar surface area (TPSA) is 55.1 Å². The highest BCUT2D eigenvalue weighted by Crippen LogP contribution is 2.32. The maximum Gasteiger partial charge on any atom is 0.274 e. The predicted octanol–water partition coefficient (Wildman–Crippen LogP) is 3.82. The quantitative estimate of drug-likeness (QED) is 0.800. The van der Waals surface area contributed by atoms with Gasteiger partial charge in [0.25, 0.3) is 5.91 Å². The lowest BCUT2D eigenvalue weighted by atomic mass is 10.1. The minimum Gasteiger partial charge on any atom is -0.442 e. The van der Waals surface area contributed by atoms with Crippen LogP contribution in [0.25, 0.3) is 10.6 Å². The van der Waals surface area contributed by atoms with Gasteiger partial charge in [-0.05, 0) is 35.4 Å². The Morgan fingerprint density at radius 3 is 3.05 bits per heavy atom. The smallest absolute Gasteiger partial charge is 0.274 e. The first kappa shape index (κ1) is 13.3. The van der Waals surface area contributed by atoms with Crippen LogP contribution in [-0.4, -0.2) is 10.9 Å². The zero-order valence-electron chi connectivity index (χ0n) is 11.8. The number of amides is 1. The number of oxazole rings is 1. The van der Waals surface area contributed by atoms with E-state index >= 15 is 0 Å². The molecule has 0 spiro atoms. The molecule has 3 aromatic rings. The molecule has 1 unspecified atom stereocenters. The maximum absolute atomic E-state index is 12.6. The Bertz CT molecular complexity index is 808. The monoisotopic (exact) mass is 310 g/mol. The van der Waals surface area contributed by atoms with Crippen LogP contribution >= 0.6 is 11.3 Å². The number of thiophene rings is 1. The summed E-state index contributed by atoms with van der Waals surface area (Å²) in [6, 6.07) is 12.2. The fraction of sp³-hybridized carbons (Fsp3) is 0.176. The summed E-state index contributed by atoms with van der Waals surface area (Å²) in [4.78, 5) is 17.6. The molecule has 0 aliphatic heterocycles. The average Bonchev–Trinajstić information content (AvgIpc) is 3.27. The van der Waals surface area contributed by atoms with Crippen molar-refractivity contribution in [2.75, 3.05) is 0 Å². The molecule has 1 atom stereocenters. The Kier molecular flexibility index (Phi) is 3.27. The zero-order chi connectivity index (χ0) is 14.9. The lowest BCUT2D eigenvalue weighted by molar-refractivity contribution is 0.0932. The summed E-state index contributed by atoms with van der Waals surface area (Å²) in [6.07, 6.45) is 3.25. The molecule has 4 nitrogen and oxygen atoms in total. The van der Waals surface area contributed by atoms with Crippen LogP contribution in [0.2, 0.25) is 0 Å². The summed E-state index contributed by atoms with van der Waals surface area (Å²) in [7, 11) is 0. The molecule has 1 aromatic carbocycles. The van der Waals surface area contributed by atoms with Crippen LogP contribution in [0.1, 0.15) is 34.1 Å². The van der Waals surface area contributed by atoms with Crippen LogP contribution in [0.4, 0.5) is 0 Å². The van der Waals surface area contributed by atoms with Gasteiger partial charge in [0.05, 0.1) is 10.9 Å². The second-order valence-corrected chi connectivity index (χ2v) is 6.22. The number of nitrogens with zero attached hydrogens (tertiary/aromatic N) is 1. The molecule has 22 heavy (non-hydrogen) atoms. The Balaban J connectivity index is 1.58. The third-order valence-corrected chi connectivity index (χ3v) is 4.83. The standard InChI is InChI=1S/C17H14N2O2S/c20-17(15-16(21-10-18-15)14-6-3-9-22-14)19-13-8-7-11-4-1-2-5-12(11)13/h1-6,9-10,13H,7-8H2,(H,19,20). The Hall–Kier alpha value is -2.40. The van der Waals surface area contributed by atoms with E-state index in [4.69, 9.17) is 4.42 Å². The highest BCUT2D eigenvalue weighted by atomic mass is 32.1. The number of aryl methyl sites for hydroxylation is 1. The molecule has 1 aliphatic carbocycles. The highest BCUT2D eigenvalue weighted by molar-refractivity contribution is 7.13. The van der Waals surface area contributed by atoms with E-state index < -0.39 is 0 Å². The average molecular weight is 310 g/mol. The fourth-order valence-corrected chi connectivity index (χ4v) is 3.64. The second-order valence-electron chi connectivity index (χ2n) is 5.27. The first-order valence-electron chi connectivity index (χ1n) is 7.19. The van der Waals surface area contributed by atoms with Crippen LogP contribution < -0.4 is 5.32 Å². The number of rotatable bonds is 3. The number of carbonyl (C=O) groups excluding carboxylic acids is 1. The summed E-state index contributed by atoms with van der Waals surface area (Å²) in [5.74, 6) is 0.359. The number of aromatic nitrogens is 1. The molecule has 4 rings (SSSR count). The summed E-state index contributed by atoms with van der Waals surface area (Å²) < 4.78 is 5.40. The van der Waals surface area contributed by atoms with Gasteiger partial charge < -0.3 is 9.73 Å². The predicted molar refractivity (Wildman–Crippen MR) is 84.8 cm³/mol. The van der Waals surface area contributed by atoms with Crippen molar-refractivity contribution in [2.45, 2.75) is 18.9 Å². The number of hydrogen-bond acceptors (Lipinski definition) is 4. The lowest BCUT2D eigenvalue weighted by Crippen LogP contribution is -2.27. The van der Waals surface area contributed by atoms with Gasteiger partial charge in [-0.2, -0.15) is 0 Å². The number of fused-ring (bicyclic) bond motifs is 1. The molecular weight excluding hydrogens is 296 g/mol. The Morgan fingerprint density at radius 2 is 2.18 bits per heavy atom. The molecule has 0 saturated carbocycles. The number of benzene rings is 1. The summed E-state index contributed by atoms with van der Waals surface area (Å²) in [6.45, 7) is 0. The maximum atomic E-state index is 12.6. The van der Waals surface area contributed by atoms with Gasteiger partial charge in [0.1, 0.15) is 0 Å². The summed E-state index contributed by atoms with van der Waals surface area (Å²) in [5, 5.41) is 5.03. The van der Waals surface area contributed by atoms with Gasteiger partial charge in [-0.15, -0.1) is 11.3 Å². The van der Waals surface area contributed by atoms with Crippen molar-refractivity contribution in [3.8, 4) is 10.6 Å². The van der Waals surface area contributed by atoms with E-state index in [9.17, 15) is 4.79 Å². The lowest BCUT2D eigenvalue weighted by Gasteiger charge is -2.13. The largest absolute Gasteiger partial charge is 0.442 e. The van der Waals surface area contributed by atoms with E-state index in [2.05, 4.69) is 22.4 Å². The molecule has 0 fully saturated rings. The van der Waals surface area contributed by atoms with E-state index in [1.54, 1.807) is 0 Å². The molecule has 0 radical (unpaired) electrons. The highest BCUT2D eigenvalue weighted by Gasteiger charge is 2.26. The van der Waals surface area contributed by atoms with E-state index in [0.717, 1.165) is 17.7 Å². The van der Waals surface area contributed by atoms with Crippen molar-refractivity contribution in [3.05, 3.63) is 65.0 Å². The van der Waals surface area contributed by atoms with Crippen LogP contribution in [0.3, 0.4) is 0 Å². The van der Waals surface area contributed by atoms with Crippen molar-refractivity contribution < 1.29 is 9.21 Å². The molecule has 0 saturated heterocycles. The normalized spacial score (nSPS) is 16.5. The first-order valence-corrected chi connectivity index (χ1v) is 8.07. The van der Waals surface area contributed by atoms with Gasteiger partial charge in [0.15, 0.2) is 17.8 Å². The third-order valence-electron chi connectivity index (χ3n) is 3.97. The third kappa shape index (κ3) is 2.23. The molecule has 1 amide bonds. The molecule has 110 valence electrons. The van der Waals surface area contributed by atoms with E-state index in [-0.39, 0.29) is 11.9 Å². The fourth-order valence-electron chi connectivity index (χ4n) is 2.92. The number of nitrogens with one attached hydrogen (secondary N) is 1. The van der Waals surface area contributed by atoms with Gasteiger partial charge in [0.2, 0.25) is 0 Å². The van der Waals surface area contributed by atoms with Crippen molar-refractivity contribution in [3.63, 3.8) is 0 Å². The van der Waals surface area contributed by atoms with Crippen molar-refractivity contribution in [1.82, 2.24) is 10.3 Å². The summed E-state index contributed by atoms with van der Waals surface area (Å²) >= 11 is 1.53. The zero-order valence-corrected chi connectivity index (χ0v) is 12.6. The van der Waals surface area contributed by atoms with Crippen LogP contribution in [0, 0.1) is 0 Å². The molecule has 2 heterocycles. The van der Waals surface area contributed by atoms with Gasteiger partial charge >= 0.3 is 0 Å². The van der Waals surface area contributed by atoms with Crippen LogP contribution in [0.15, 0.2) is 52.6 Å². The van der Waals surface area contributed by atoms with Crippen molar-refractivity contribution in [2.24, 2.45) is 0 Å². The minimum absolute atomic E-state index is 0.0524. The molecule has 5 heteroatoms. The van der Waals surface area contributed by atoms with E-state index in [0.29, 0.717) is 11.5 Å². The van der Waals surface area contributed by atoms with Gasteiger partial charge in [0, 0.05) is 0 Å². The number of carbonyl (C=O) groups is 1. The SMILES string of the molecule is O=C(NC1CCc2ccccc21)c1ncoc1-c1cccs1. The second kappa shape index (κ2) is 5.42. The van der Waals surface area contributed by atoms with Gasteiger partial charge in [-0.25, -0.2) is 4.98 Å². The van der Waals surface area contributed by atoms with Crippen molar-refractivity contribution >= 4 is 17.2 Å². The minimum atomic E-state index is -0.182. The van der Waals surface area contributed by atoms with Gasteiger partial charge in [-0.1, -0.05) is 30.3 Å². The summed E-state index contributed by atoms with van der Waals surface area (Å²) in [5.41, 5.74) is 2.87. The number of hydrogen-bond donors (Lipinski definition) is 1. The Labute approximate surface area is 131 Å². The van der Waals surface area contributed by atoms with Crippen molar-refractivity contribution in [1.29, 1.82) is 0 Å². The molecule has 0 bridgehead atoms. The van der Waals surface area contributed by atoms with E-state index in [1.807, 2.05) is 29.6 Å². The molecule has 1 aliphatic rings. The molecule has 1 N–H and O–H groups in total. The first-order chi connectivity index (χ1) is 10.8. The Morgan fingerprint density at radius 1 is 1.27 bits per heavy atom. The molecule has 2 aromatic heterocycles. The van der Waals surface area contributed by atoms with Crippen LogP contribution in [-0.2, 0) is 6.42 Å². The van der Waals surface area contributed by atoms with Gasteiger partial charge in [-0.3, -0.25) is 4.79 Å². The van der Waals surface area contributed by atoms with Crippen LogP contribution in [0.5, 0.6) is 0 Å². The molecular formula is C17H14N2O2S. The van der Waals surface area contributed by atoms with E-state index in [1.165, 1.54) is 28.9 Å².